The van der Waals surface area contributed by atoms with Gasteiger partial charge in [-0.15, -0.1) is 0 Å². The van der Waals surface area contributed by atoms with Gasteiger partial charge in [0.2, 0.25) is 0 Å². The molecule has 0 aromatic rings. The molecule has 5 nitrogen and oxygen atoms in total. The Balaban J connectivity index is 1.74. The van der Waals surface area contributed by atoms with Crippen molar-refractivity contribution in [1.82, 2.24) is 15.1 Å². The van der Waals surface area contributed by atoms with Crippen LogP contribution in [-0.2, 0) is 4.79 Å². The second kappa shape index (κ2) is 6.50. The van der Waals surface area contributed by atoms with Crippen LogP contribution in [0.5, 0.6) is 0 Å². The largest absolute Gasteiger partial charge is 0.480 e. The van der Waals surface area contributed by atoms with Crippen LogP contribution in [0.1, 0.15) is 25.7 Å². The zero-order valence-corrected chi connectivity index (χ0v) is 11.3. The van der Waals surface area contributed by atoms with Crippen molar-refractivity contribution in [3.05, 3.63) is 0 Å². The predicted octanol–water partition coefficient (Wildman–Crippen LogP) is 0.219. The highest BCUT2D eigenvalue weighted by molar-refractivity contribution is 5.73. The van der Waals surface area contributed by atoms with Crippen LogP contribution in [0.4, 0.5) is 0 Å². The maximum absolute atomic E-state index is 11.0. The van der Waals surface area contributed by atoms with Crippen molar-refractivity contribution in [1.29, 1.82) is 0 Å². The minimum Gasteiger partial charge on any atom is -0.480 e. The van der Waals surface area contributed by atoms with E-state index in [4.69, 9.17) is 5.11 Å². The first kappa shape index (κ1) is 13.8. The molecule has 0 aromatic heterocycles. The van der Waals surface area contributed by atoms with Crippen LogP contribution >= 0.6 is 0 Å². The molecule has 1 atom stereocenters. The Bertz CT molecular complexity index is 271. The topological polar surface area (TPSA) is 55.8 Å². The molecular formula is C13H25N3O2. The number of nitrogens with one attached hydrogen (secondary N) is 1. The Morgan fingerprint density at radius 3 is 2.39 bits per heavy atom. The maximum atomic E-state index is 11.0. The Labute approximate surface area is 109 Å². The van der Waals surface area contributed by atoms with Crippen molar-refractivity contribution < 1.29 is 9.90 Å². The van der Waals surface area contributed by atoms with E-state index in [0.29, 0.717) is 6.54 Å². The summed E-state index contributed by atoms with van der Waals surface area (Å²) in [6, 6.07) is 0.356. The van der Waals surface area contributed by atoms with E-state index in [2.05, 4.69) is 15.1 Å². The number of hydrogen-bond acceptors (Lipinski definition) is 4. The first-order valence-electron chi connectivity index (χ1n) is 7.07. The van der Waals surface area contributed by atoms with Gasteiger partial charge in [0.25, 0.3) is 0 Å². The Morgan fingerprint density at radius 1 is 1.28 bits per heavy atom. The number of carboxylic acid groups (broad SMARTS) is 1. The molecule has 5 heteroatoms. The zero-order valence-electron chi connectivity index (χ0n) is 11.3. The van der Waals surface area contributed by atoms with Crippen LogP contribution < -0.4 is 5.32 Å². The summed E-state index contributed by atoms with van der Waals surface area (Å²) in [4.78, 5) is 15.8. The molecular weight excluding hydrogens is 230 g/mol. The fourth-order valence-electron chi connectivity index (χ4n) is 3.13. The molecule has 0 aromatic carbocycles. The lowest BCUT2D eigenvalue weighted by Crippen LogP contribution is -2.53. The van der Waals surface area contributed by atoms with Gasteiger partial charge >= 0.3 is 5.97 Å². The summed E-state index contributed by atoms with van der Waals surface area (Å²) in [5, 5.41) is 11.9. The van der Waals surface area contributed by atoms with E-state index in [1.807, 2.05) is 0 Å². The summed E-state index contributed by atoms with van der Waals surface area (Å²) in [6.07, 6.45) is 5.47. The first-order chi connectivity index (χ1) is 8.70. The second-order valence-electron chi connectivity index (χ2n) is 5.45. The van der Waals surface area contributed by atoms with Crippen molar-refractivity contribution >= 4 is 5.97 Å². The normalized spacial score (nSPS) is 25.4. The molecule has 2 N–H and O–H groups in total. The fourth-order valence-corrected chi connectivity index (χ4v) is 3.13. The van der Waals surface area contributed by atoms with Gasteiger partial charge in [-0.2, -0.15) is 0 Å². The van der Waals surface area contributed by atoms with Gasteiger partial charge in [-0.25, -0.2) is 0 Å². The molecule has 1 unspecified atom stereocenters. The number of carbonyl (C=O) groups is 1. The summed E-state index contributed by atoms with van der Waals surface area (Å²) in [5.74, 6) is -0.754. The number of hydrogen-bond donors (Lipinski definition) is 2. The van der Waals surface area contributed by atoms with E-state index in [-0.39, 0.29) is 0 Å². The fraction of sp³-hybridized carbons (Fsp3) is 0.923. The van der Waals surface area contributed by atoms with E-state index in [0.717, 1.165) is 32.2 Å². The van der Waals surface area contributed by atoms with Gasteiger partial charge in [0.05, 0.1) is 0 Å². The monoisotopic (exact) mass is 255 g/mol. The summed E-state index contributed by atoms with van der Waals surface area (Å²) in [5.41, 5.74) is 0. The third-order valence-electron chi connectivity index (χ3n) is 4.34. The molecule has 1 saturated heterocycles. The Kier molecular flexibility index (Phi) is 4.97. The van der Waals surface area contributed by atoms with Crippen LogP contribution in [0, 0.1) is 0 Å². The molecule has 0 radical (unpaired) electrons. The van der Waals surface area contributed by atoms with Gasteiger partial charge in [-0.05, 0) is 19.9 Å². The minimum atomic E-state index is -0.754. The molecule has 1 aliphatic heterocycles. The third-order valence-corrected chi connectivity index (χ3v) is 4.34. The van der Waals surface area contributed by atoms with Gasteiger partial charge in [0, 0.05) is 38.8 Å². The van der Waals surface area contributed by atoms with Crippen molar-refractivity contribution in [2.75, 3.05) is 39.8 Å². The highest BCUT2D eigenvalue weighted by Crippen LogP contribution is 2.24. The zero-order chi connectivity index (χ0) is 13.0. The summed E-state index contributed by atoms with van der Waals surface area (Å²) in [7, 11) is 1.72. The van der Waals surface area contributed by atoms with E-state index >= 15 is 0 Å². The van der Waals surface area contributed by atoms with Gasteiger partial charge in [-0.1, -0.05) is 12.8 Å². The molecule has 0 amide bonds. The van der Waals surface area contributed by atoms with Gasteiger partial charge < -0.3 is 10.4 Å². The standard InChI is InChI=1S/C13H25N3O2/c1-14-12(13(17)18)10-15-6-8-16(9-7-15)11-4-2-3-5-11/h11-12,14H,2-10H2,1H3,(H,17,18). The lowest BCUT2D eigenvalue weighted by Gasteiger charge is -2.38. The van der Waals surface area contributed by atoms with Crippen molar-refractivity contribution in [2.24, 2.45) is 0 Å². The van der Waals surface area contributed by atoms with Gasteiger partial charge in [0.15, 0.2) is 0 Å². The molecule has 2 aliphatic rings. The van der Waals surface area contributed by atoms with Crippen LogP contribution in [0.25, 0.3) is 0 Å². The first-order valence-corrected chi connectivity index (χ1v) is 7.07. The highest BCUT2D eigenvalue weighted by Gasteiger charge is 2.27. The van der Waals surface area contributed by atoms with Gasteiger partial charge in [0.1, 0.15) is 6.04 Å². The van der Waals surface area contributed by atoms with E-state index in [1.54, 1.807) is 7.05 Å². The molecule has 1 saturated carbocycles. The number of piperazine rings is 1. The van der Waals surface area contributed by atoms with E-state index in [9.17, 15) is 4.79 Å². The molecule has 2 rings (SSSR count). The SMILES string of the molecule is CNC(CN1CCN(C2CCCC2)CC1)C(=O)O. The molecule has 1 aliphatic carbocycles. The molecule has 0 spiro atoms. The Morgan fingerprint density at radius 2 is 1.89 bits per heavy atom. The predicted molar refractivity (Wildman–Crippen MR) is 70.8 cm³/mol. The van der Waals surface area contributed by atoms with Crippen LogP contribution in [-0.4, -0.2) is 72.7 Å². The minimum absolute atomic E-state index is 0.442. The maximum Gasteiger partial charge on any atom is 0.322 e. The third kappa shape index (κ3) is 3.43. The van der Waals surface area contributed by atoms with Crippen molar-refractivity contribution in [2.45, 2.75) is 37.8 Å². The lowest BCUT2D eigenvalue weighted by atomic mass is 10.1. The van der Waals surface area contributed by atoms with Gasteiger partial charge in [-0.3, -0.25) is 14.6 Å². The smallest absolute Gasteiger partial charge is 0.322 e. The quantitative estimate of drug-likeness (QED) is 0.736. The molecule has 0 bridgehead atoms. The van der Waals surface area contributed by atoms with Crippen LogP contribution in [0.15, 0.2) is 0 Å². The lowest BCUT2D eigenvalue weighted by molar-refractivity contribution is -0.140. The summed E-state index contributed by atoms with van der Waals surface area (Å²) in [6.45, 7) is 4.82. The van der Waals surface area contributed by atoms with Crippen molar-refractivity contribution in [3.63, 3.8) is 0 Å². The summed E-state index contributed by atoms with van der Waals surface area (Å²) < 4.78 is 0. The van der Waals surface area contributed by atoms with Crippen LogP contribution in [0.3, 0.4) is 0 Å². The highest BCUT2D eigenvalue weighted by atomic mass is 16.4. The van der Waals surface area contributed by atoms with Crippen LogP contribution in [0.2, 0.25) is 0 Å². The molecule has 18 heavy (non-hydrogen) atoms. The summed E-state index contributed by atoms with van der Waals surface area (Å²) >= 11 is 0. The van der Waals surface area contributed by atoms with E-state index in [1.165, 1.54) is 25.7 Å². The molecule has 2 fully saturated rings. The number of carboxylic acids is 1. The number of rotatable bonds is 5. The Hall–Kier alpha value is -0.650. The average molecular weight is 255 g/mol. The number of nitrogens with zero attached hydrogens (tertiary/aromatic N) is 2. The molecule has 104 valence electrons. The van der Waals surface area contributed by atoms with Crippen molar-refractivity contribution in [3.8, 4) is 0 Å². The second-order valence-corrected chi connectivity index (χ2v) is 5.45. The number of likely N-dealkylation sites (N-methyl/N-ethyl adjacent to an activating group) is 1. The molecule has 1 heterocycles. The average Bonchev–Trinajstić information content (AvgIpc) is 2.90. The number of aliphatic carboxylic acids is 1. The van der Waals surface area contributed by atoms with E-state index < -0.39 is 12.0 Å².